The number of rotatable bonds is 8. The molecule has 0 saturated carbocycles. The molecule has 33 heavy (non-hydrogen) atoms. The fourth-order valence-corrected chi connectivity index (χ4v) is 4.19. The van der Waals surface area contributed by atoms with Crippen LogP contribution in [-0.4, -0.2) is 60.1 Å². The molecule has 0 bridgehead atoms. The van der Waals surface area contributed by atoms with Gasteiger partial charge in [0.2, 0.25) is 0 Å². The van der Waals surface area contributed by atoms with Crippen molar-refractivity contribution in [3.63, 3.8) is 0 Å². The Labute approximate surface area is 191 Å². The molecule has 0 unspecified atom stereocenters. The molecule has 1 atom stereocenters. The highest BCUT2D eigenvalue weighted by molar-refractivity contribution is 5.76. The van der Waals surface area contributed by atoms with Gasteiger partial charge in [0.25, 0.3) is 6.43 Å². The minimum atomic E-state index is -2.33. The van der Waals surface area contributed by atoms with Crippen molar-refractivity contribution in [2.24, 2.45) is 0 Å². The number of fused-ring (bicyclic) bond motifs is 1. The first-order chi connectivity index (χ1) is 16.0. The summed E-state index contributed by atoms with van der Waals surface area (Å²) in [7, 11) is 1.62. The molecule has 1 saturated heterocycles. The molecule has 4 rings (SSSR count). The first kappa shape index (κ1) is 23.0. The fraction of sp³-hybridized carbons (Fsp3) is 0.417. The van der Waals surface area contributed by atoms with Gasteiger partial charge >= 0.3 is 6.03 Å². The van der Waals surface area contributed by atoms with Gasteiger partial charge in [-0.25, -0.2) is 18.6 Å². The SMILES string of the molecule is COc1ccc(C[C@@H](NC(=O)NC2CCN(CC(F)F)CC2)c2nc3ccccc3[nH]2)cc1. The van der Waals surface area contributed by atoms with Gasteiger partial charge in [0.15, 0.2) is 0 Å². The van der Waals surface area contributed by atoms with Crippen LogP contribution in [-0.2, 0) is 6.42 Å². The Morgan fingerprint density at radius 3 is 2.58 bits per heavy atom. The van der Waals surface area contributed by atoms with Crippen LogP contribution in [0, 0.1) is 0 Å². The average molecular weight is 458 g/mol. The molecule has 2 heterocycles. The molecule has 3 N–H and O–H groups in total. The lowest BCUT2D eigenvalue weighted by Gasteiger charge is -2.32. The molecule has 0 spiro atoms. The number of aromatic amines is 1. The Morgan fingerprint density at radius 1 is 1.18 bits per heavy atom. The molecule has 9 heteroatoms. The summed E-state index contributed by atoms with van der Waals surface area (Å²) >= 11 is 0. The topological polar surface area (TPSA) is 82.3 Å². The highest BCUT2D eigenvalue weighted by Gasteiger charge is 2.24. The molecule has 1 aromatic heterocycles. The number of urea groups is 1. The number of aromatic nitrogens is 2. The van der Waals surface area contributed by atoms with Gasteiger partial charge in [0.05, 0.1) is 30.7 Å². The summed E-state index contributed by atoms with van der Waals surface area (Å²) in [5.74, 6) is 1.44. The van der Waals surface area contributed by atoms with Gasteiger partial charge in [-0.3, -0.25) is 4.90 Å². The summed E-state index contributed by atoms with van der Waals surface area (Å²) in [4.78, 5) is 22.6. The van der Waals surface area contributed by atoms with Crippen LogP contribution < -0.4 is 15.4 Å². The number of nitrogens with zero attached hydrogens (tertiary/aromatic N) is 2. The van der Waals surface area contributed by atoms with Gasteiger partial charge in [-0.2, -0.15) is 0 Å². The molecule has 176 valence electrons. The molecule has 1 fully saturated rings. The second-order valence-corrected chi connectivity index (χ2v) is 8.33. The summed E-state index contributed by atoms with van der Waals surface area (Å²) in [6, 6.07) is 14.7. The fourth-order valence-electron chi connectivity index (χ4n) is 4.19. The normalized spacial score (nSPS) is 16.1. The first-order valence-corrected chi connectivity index (χ1v) is 11.2. The molecule has 7 nitrogen and oxygen atoms in total. The third-order valence-electron chi connectivity index (χ3n) is 5.96. The average Bonchev–Trinajstić information content (AvgIpc) is 3.24. The van der Waals surface area contributed by atoms with Gasteiger partial charge in [0.1, 0.15) is 11.6 Å². The molecule has 2 amide bonds. The van der Waals surface area contributed by atoms with Gasteiger partial charge in [-0.05, 0) is 49.1 Å². The van der Waals surface area contributed by atoms with Crippen LogP contribution in [0.4, 0.5) is 13.6 Å². The predicted octanol–water partition coefficient (Wildman–Crippen LogP) is 3.88. The van der Waals surface area contributed by atoms with Crippen molar-refractivity contribution in [3.8, 4) is 5.75 Å². The van der Waals surface area contributed by atoms with Crippen LogP contribution >= 0.6 is 0 Å². The van der Waals surface area contributed by atoms with Crippen molar-refractivity contribution in [2.75, 3.05) is 26.7 Å². The third kappa shape index (κ3) is 6.19. The van der Waals surface area contributed by atoms with E-state index in [1.54, 1.807) is 12.0 Å². The monoisotopic (exact) mass is 457 g/mol. The number of hydrogen-bond acceptors (Lipinski definition) is 4. The second kappa shape index (κ2) is 10.6. The summed E-state index contributed by atoms with van der Waals surface area (Å²) in [6.07, 6.45) is -0.494. The number of carbonyl (C=O) groups excluding carboxylic acids is 1. The smallest absolute Gasteiger partial charge is 0.315 e. The zero-order valence-electron chi connectivity index (χ0n) is 18.6. The zero-order valence-corrected chi connectivity index (χ0v) is 18.6. The lowest BCUT2D eigenvalue weighted by molar-refractivity contribution is 0.0736. The highest BCUT2D eigenvalue weighted by atomic mass is 19.3. The van der Waals surface area contributed by atoms with E-state index in [0.29, 0.717) is 38.2 Å². The van der Waals surface area contributed by atoms with Crippen molar-refractivity contribution in [1.29, 1.82) is 0 Å². The van der Waals surface area contributed by atoms with Gasteiger partial charge in [0, 0.05) is 19.1 Å². The standard InChI is InChI=1S/C24H29F2N5O2/c1-33-18-8-6-16(7-9-18)14-21(23-28-19-4-2-3-5-20(19)29-23)30-24(32)27-17-10-12-31(13-11-17)15-22(25)26/h2-9,17,21-22H,10-15H2,1H3,(H,28,29)(H2,27,30,32)/t21-/m1/s1. The van der Waals surface area contributed by atoms with E-state index < -0.39 is 6.43 Å². The molecule has 2 aromatic carbocycles. The van der Waals surface area contributed by atoms with E-state index in [9.17, 15) is 13.6 Å². The summed E-state index contributed by atoms with van der Waals surface area (Å²) in [5, 5.41) is 6.06. The Kier molecular flexibility index (Phi) is 7.39. The van der Waals surface area contributed by atoms with E-state index in [-0.39, 0.29) is 24.7 Å². The van der Waals surface area contributed by atoms with Crippen molar-refractivity contribution >= 4 is 17.1 Å². The maximum Gasteiger partial charge on any atom is 0.315 e. The van der Waals surface area contributed by atoms with Crippen LogP contribution in [0.5, 0.6) is 5.75 Å². The predicted molar refractivity (Wildman–Crippen MR) is 123 cm³/mol. The van der Waals surface area contributed by atoms with Crippen LogP contribution in [0.1, 0.15) is 30.3 Å². The maximum absolute atomic E-state index is 12.8. The van der Waals surface area contributed by atoms with Crippen molar-refractivity contribution in [1.82, 2.24) is 25.5 Å². The van der Waals surface area contributed by atoms with E-state index in [2.05, 4.69) is 20.6 Å². The highest BCUT2D eigenvalue weighted by Crippen LogP contribution is 2.22. The zero-order chi connectivity index (χ0) is 23.2. The molecular weight excluding hydrogens is 428 g/mol. The lowest BCUT2D eigenvalue weighted by atomic mass is 10.0. The molecule has 3 aromatic rings. The number of ether oxygens (including phenoxy) is 1. The van der Waals surface area contributed by atoms with Crippen LogP contribution in [0.15, 0.2) is 48.5 Å². The van der Waals surface area contributed by atoms with E-state index in [1.165, 1.54) is 0 Å². The Balaban J connectivity index is 1.43. The number of piperidine rings is 1. The van der Waals surface area contributed by atoms with Crippen LogP contribution in [0.3, 0.4) is 0 Å². The molecule has 1 aliphatic rings. The number of halogens is 2. The minimum Gasteiger partial charge on any atom is -0.497 e. The quantitative estimate of drug-likeness (QED) is 0.479. The van der Waals surface area contributed by atoms with Gasteiger partial charge < -0.3 is 20.4 Å². The van der Waals surface area contributed by atoms with Crippen molar-refractivity contribution < 1.29 is 18.3 Å². The summed E-state index contributed by atoms with van der Waals surface area (Å²) in [6.45, 7) is 0.886. The molecule has 1 aliphatic heterocycles. The van der Waals surface area contributed by atoms with Gasteiger partial charge in [-0.1, -0.05) is 24.3 Å². The number of hydrogen-bond donors (Lipinski definition) is 3. The van der Waals surface area contributed by atoms with Crippen LogP contribution in [0.2, 0.25) is 0 Å². The Bertz CT molecular complexity index is 1020. The number of imidazole rings is 1. The summed E-state index contributed by atoms with van der Waals surface area (Å²) in [5.41, 5.74) is 2.77. The largest absolute Gasteiger partial charge is 0.497 e. The number of H-pyrrole nitrogens is 1. The van der Waals surface area contributed by atoms with E-state index in [1.807, 2.05) is 48.5 Å². The number of amides is 2. The number of carbonyl (C=O) groups is 1. The van der Waals surface area contributed by atoms with Crippen molar-refractivity contribution in [3.05, 3.63) is 59.9 Å². The Hall–Kier alpha value is -3.20. The maximum atomic E-state index is 12.8. The number of nitrogens with one attached hydrogen (secondary N) is 3. The second-order valence-electron chi connectivity index (χ2n) is 8.33. The number of benzene rings is 2. The van der Waals surface area contributed by atoms with E-state index in [0.717, 1.165) is 22.3 Å². The Morgan fingerprint density at radius 2 is 1.91 bits per heavy atom. The number of likely N-dealkylation sites (tertiary alicyclic amines) is 1. The molecule has 0 radical (unpaired) electrons. The molecular formula is C24H29F2N5O2. The van der Waals surface area contributed by atoms with Crippen molar-refractivity contribution in [2.45, 2.75) is 37.8 Å². The lowest BCUT2D eigenvalue weighted by Crippen LogP contribution is -2.49. The number of alkyl halides is 2. The van der Waals surface area contributed by atoms with Gasteiger partial charge in [-0.15, -0.1) is 0 Å². The number of para-hydroxylation sites is 2. The molecule has 0 aliphatic carbocycles. The van der Waals surface area contributed by atoms with E-state index >= 15 is 0 Å². The number of methoxy groups -OCH3 is 1. The minimum absolute atomic E-state index is 0.0452. The third-order valence-corrected chi connectivity index (χ3v) is 5.96. The van der Waals surface area contributed by atoms with E-state index in [4.69, 9.17) is 4.74 Å². The summed E-state index contributed by atoms with van der Waals surface area (Å²) < 4.78 is 30.4. The first-order valence-electron chi connectivity index (χ1n) is 11.2. The van der Waals surface area contributed by atoms with Crippen LogP contribution in [0.25, 0.3) is 11.0 Å².